The molecule has 0 aliphatic carbocycles. The zero-order valence-corrected chi connectivity index (χ0v) is 11.3. The highest BCUT2D eigenvalue weighted by Crippen LogP contribution is 2.30. The molecular formula is C12H19NO3S. The molecule has 0 aliphatic rings. The number of sulfonamides is 1. The molecule has 1 aromatic rings. The minimum atomic E-state index is -3.65. The highest BCUT2D eigenvalue weighted by atomic mass is 32.2. The Hall–Kier alpha value is -1.07. The summed E-state index contributed by atoms with van der Waals surface area (Å²) in [6, 6.07) is 4.76. The Morgan fingerprint density at radius 2 is 2.00 bits per heavy atom. The van der Waals surface area contributed by atoms with Crippen LogP contribution in [0.15, 0.2) is 23.1 Å². The lowest BCUT2D eigenvalue weighted by Gasteiger charge is -2.16. The molecule has 0 bridgehead atoms. The summed E-state index contributed by atoms with van der Waals surface area (Å²) in [5.74, 6) is 0.965. The van der Waals surface area contributed by atoms with Gasteiger partial charge in [-0.25, -0.2) is 13.6 Å². The van der Waals surface area contributed by atoms with Gasteiger partial charge in [0, 0.05) is 0 Å². The number of hydrogen-bond donors (Lipinski definition) is 1. The zero-order valence-electron chi connectivity index (χ0n) is 10.4. The van der Waals surface area contributed by atoms with E-state index in [0.29, 0.717) is 6.61 Å². The van der Waals surface area contributed by atoms with Gasteiger partial charge in [0.2, 0.25) is 10.0 Å². The molecule has 0 spiro atoms. The minimum absolute atomic E-state index is 0.135. The number of hydrogen-bond acceptors (Lipinski definition) is 3. The third-order valence-corrected chi connectivity index (χ3v) is 3.66. The maximum atomic E-state index is 11.3. The molecule has 0 saturated carbocycles. The topological polar surface area (TPSA) is 69.4 Å². The van der Waals surface area contributed by atoms with Gasteiger partial charge < -0.3 is 4.74 Å². The summed E-state index contributed by atoms with van der Waals surface area (Å²) in [6.07, 6.45) is 0.911. The quantitative estimate of drug-likeness (QED) is 0.879. The van der Waals surface area contributed by atoms with E-state index in [0.717, 1.165) is 17.7 Å². The van der Waals surface area contributed by atoms with Gasteiger partial charge in [0.1, 0.15) is 5.75 Å². The summed E-state index contributed by atoms with van der Waals surface area (Å²) < 4.78 is 28.1. The van der Waals surface area contributed by atoms with E-state index in [4.69, 9.17) is 9.88 Å². The Balaban J connectivity index is 3.28. The van der Waals surface area contributed by atoms with E-state index < -0.39 is 10.0 Å². The molecule has 5 heteroatoms. The third kappa shape index (κ3) is 3.44. The van der Waals surface area contributed by atoms with Crippen LogP contribution in [0.2, 0.25) is 0 Å². The zero-order chi connectivity index (χ0) is 13.1. The van der Waals surface area contributed by atoms with Crippen molar-refractivity contribution >= 4 is 10.0 Å². The van der Waals surface area contributed by atoms with E-state index in [2.05, 4.69) is 0 Å². The molecule has 0 radical (unpaired) electrons. The number of ether oxygens (including phenoxy) is 1. The van der Waals surface area contributed by atoms with Crippen molar-refractivity contribution < 1.29 is 13.2 Å². The third-order valence-electron chi connectivity index (χ3n) is 2.75. The van der Waals surface area contributed by atoms with Crippen LogP contribution < -0.4 is 9.88 Å². The molecule has 4 nitrogen and oxygen atoms in total. The smallest absolute Gasteiger partial charge is 0.238 e. The molecule has 17 heavy (non-hydrogen) atoms. The van der Waals surface area contributed by atoms with Gasteiger partial charge in [-0.1, -0.05) is 13.8 Å². The Bertz CT molecular complexity index is 483. The van der Waals surface area contributed by atoms with Crippen molar-refractivity contribution in [3.63, 3.8) is 0 Å². The lowest BCUT2D eigenvalue weighted by Crippen LogP contribution is -2.13. The molecular weight excluding hydrogens is 238 g/mol. The van der Waals surface area contributed by atoms with Crippen molar-refractivity contribution in [1.82, 2.24) is 0 Å². The first-order valence-electron chi connectivity index (χ1n) is 5.69. The predicted octanol–water partition coefficient (Wildman–Crippen LogP) is 2.25. The monoisotopic (exact) mass is 257 g/mol. The van der Waals surface area contributed by atoms with Gasteiger partial charge in [-0.15, -0.1) is 0 Å². The number of primary sulfonamides is 1. The summed E-state index contributed by atoms with van der Waals surface area (Å²) in [4.78, 5) is 0.135. The van der Waals surface area contributed by atoms with E-state index in [9.17, 15) is 8.42 Å². The summed E-state index contributed by atoms with van der Waals surface area (Å²) in [7, 11) is -3.65. The van der Waals surface area contributed by atoms with Gasteiger partial charge in [-0.3, -0.25) is 0 Å². The SMILES string of the molecule is CCOc1ccc(S(N)(=O)=O)cc1[C@@H](C)CC. The maximum absolute atomic E-state index is 11.3. The molecule has 2 N–H and O–H groups in total. The molecule has 1 atom stereocenters. The summed E-state index contributed by atoms with van der Waals surface area (Å²) in [5, 5.41) is 5.12. The normalized spacial score (nSPS) is 13.4. The predicted molar refractivity (Wildman–Crippen MR) is 67.7 cm³/mol. The van der Waals surface area contributed by atoms with Crippen LogP contribution in [0.25, 0.3) is 0 Å². The van der Waals surface area contributed by atoms with Crippen LogP contribution in [0.1, 0.15) is 38.7 Å². The molecule has 0 amide bonds. The molecule has 1 rings (SSSR count). The van der Waals surface area contributed by atoms with E-state index in [-0.39, 0.29) is 10.8 Å². The summed E-state index contributed by atoms with van der Waals surface area (Å²) in [6.45, 7) is 6.53. The fraction of sp³-hybridized carbons (Fsp3) is 0.500. The molecule has 0 fully saturated rings. The molecule has 0 saturated heterocycles. The fourth-order valence-electron chi connectivity index (χ4n) is 1.60. The van der Waals surface area contributed by atoms with Gasteiger partial charge in [0.05, 0.1) is 11.5 Å². The Kier molecular flexibility index (Phi) is 4.54. The highest BCUT2D eigenvalue weighted by molar-refractivity contribution is 7.89. The van der Waals surface area contributed by atoms with E-state index in [1.165, 1.54) is 6.07 Å². The van der Waals surface area contributed by atoms with E-state index >= 15 is 0 Å². The molecule has 0 heterocycles. The molecule has 0 unspecified atom stereocenters. The van der Waals surface area contributed by atoms with Gasteiger partial charge in [0.15, 0.2) is 0 Å². The van der Waals surface area contributed by atoms with Crippen LogP contribution in [-0.2, 0) is 10.0 Å². The van der Waals surface area contributed by atoms with Crippen molar-refractivity contribution in [3.05, 3.63) is 23.8 Å². The van der Waals surface area contributed by atoms with Gasteiger partial charge >= 0.3 is 0 Å². The molecule has 0 aliphatic heterocycles. The van der Waals surface area contributed by atoms with Gasteiger partial charge in [-0.2, -0.15) is 0 Å². The summed E-state index contributed by atoms with van der Waals surface area (Å²) >= 11 is 0. The molecule has 1 aromatic carbocycles. The Morgan fingerprint density at radius 1 is 1.35 bits per heavy atom. The first-order valence-corrected chi connectivity index (χ1v) is 7.24. The first-order chi connectivity index (χ1) is 7.90. The van der Waals surface area contributed by atoms with Crippen molar-refractivity contribution in [2.45, 2.75) is 38.0 Å². The van der Waals surface area contributed by atoms with Crippen molar-refractivity contribution in [1.29, 1.82) is 0 Å². The van der Waals surface area contributed by atoms with Gasteiger partial charge in [-0.05, 0) is 43.0 Å². The second kappa shape index (κ2) is 5.51. The summed E-state index contributed by atoms with van der Waals surface area (Å²) in [5.41, 5.74) is 0.890. The average Bonchev–Trinajstić information content (AvgIpc) is 2.27. The minimum Gasteiger partial charge on any atom is -0.494 e. The maximum Gasteiger partial charge on any atom is 0.238 e. The Labute approximate surface area is 103 Å². The average molecular weight is 257 g/mol. The van der Waals surface area contributed by atoms with Crippen molar-refractivity contribution in [2.75, 3.05) is 6.61 Å². The lowest BCUT2D eigenvalue weighted by molar-refractivity contribution is 0.334. The van der Waals surface area contributed by atoms with Gasteiger partial charge in [0.25, 0.3) is 0 Å². The number of nitrogens with two attached hydrogens (primary N) is 1. The molecule has 0 aromatic heterocycles. The van der Waals surface area contributed by atoms with E-state index in [1.807, 2.05) is 20.8 Å². The number of rotatable bonds is 5. The first kappa shape index (κ1) is 14.0. The Morgan fingerprint density at radius 3 is 2.47 bits per heavy atom. The van der Waals surface area contributed by atoms with Crippen LogP contribution in [0, 0.1) is 0 Å². The van der Waals surface area contributed by atoms with Crippen molar-refractivity contribution in [3.8, 4) is 5.75 Å². The van der Waals surface area contributed by atoms with Crippen molar-refractivity contribution in [2.24, 2.45) is 5.14 Å². The standard InChI is InChI=1S/C12H19NO3S/c1-4-9(3)11-8-10(17(13,14)15)6-7-12(11)16-5-2/h6-9H,4-5H2,1-3H3,(H2,13,14,15)/t9-/m0/s1. The second-order valence-corrected chi connectivity index (χ2v) is 5.55. The van der Waals surface area contributed by atoms with E-state index in [1.54, 1.807) is 12.1 Å². The molecule has 96 valence electrons. The fourth-order valence-corrected chi connectivity index (χ4v) is 2.14. The van der Waals surface area contributed by atoms with Crippen LogP contribution in [-0.4, -0.2) is 15.0 Å². The van der Waals surface area contributed by atoms with Crippen LogP contribution in [0.5, 0.6) is 5.75 Å². The number of benzene rings is 1. The van der Waals surface area contributed by atoms with Crippen LogP contribution >= 0.6 is 0 Å². The highest BCUT2D eigenvalue weighted by Gasteiger charge is 2.15. The largest absolute Gasteiger partial charge is 0.494 e. The van der Waals surface area contributed by atoms with Crippen LogP contribution in [0.3, 0.4) is 0 Å². The van der Waals surface area contributed by atoms with Crippen LogP contribution in [0.4, 0.5) is 0 Å². The second-order valence-electron chi connectivity index (χ2n) is 3.99. The lowest BCUT2D eigenvalue weighted by atomic mass is 9.98.